The summed E-state index contributed by atoms with van der Waals surface area (Å²) in [6.07, 6.45) is -10.5. The second-order valence-corrected chi connectivity index (χ2v) is 4.55. The molecule has 0 saturated heterocycles. The minimum atomic E-state index is -5.64. The highest BCUT2D eigenvalue weighted by Gasteiger charge is 2.61. The van der Waals surface area contributed by atoms with E-state index in [4.69, 9.17) is 0 Å². The van der Waals surface area contributed by atoms with E-state index in [-0.39, 0.29) is 0 Å². The molecular weight excluding hydrogens is 332 g/mol. The summed E-state index contributed by atoms with van der Waals surface area (Å²) in [4.78, 5) is 11.0. The molecule has 9 heteroatoms. The number of carbonyl (C=O) groups is 1. The molecule has 2 nitrogen and oxygen atoms in total. The van der Waals surface area contributed by atoms with Gasteiger partial charge in [0.1, 0.15) is 0 Å². The Morgan fingerprint density at radius 2 is 1.61 bits per heavy atom. The Kier molecular flexibility index (Phi) is 6.45. The maximum absolute atomic E-state index is 12.2. The minimum Gasteiger partial charge on any atom is -0.353 e. The maximum atomic E-state index is 12.2. The van der Waals surface area contributed by atoms with Crippen LogP contribution < -0.4 is 5.32 Å². The zero-order valence-corrected chi connectivity index (χ0v) is 10.9. The summed E-state index contributed by atoms with van der Waals surface area (Å²) in [5.41, 5.74) is 0. The van der Waals surface area contributed by atoms with Crippen molar-refractivity contribution >= 4 is 21.8 Å². The average molecular weight is 344 g/mol. The third-order valence-corrected chi connectivity index (χ3v) is 2.64. The van der Waals surface area contributed by atoms with Crippen LogP contribution in [0.1, 0.15) is 19.8 Å². The van der Waals surface area contributed by atoms with Crippen molar-refractivity contribution in [1.82, 2.24) is 5.32 Å². The van der Waals surface area contributed by atoms with Crippen LogP contribution in [0.3, 0.4) is 0 Å². The van der Waals surface area contributed by atoms with Crippen LogP contribution in [-0.2, 0) is 4.79 Å². The number of halogens is 7. The van der Waals surface area contributed by atoms with Gasteiger partial charge in [0.05, 0.1) is 0 Å². The molecule has 0 aromatic heterocycles. The maximum Gasteiger partial charge on any atom is 0.409 e. The summed E-state index contributed by atoms with van der Waals surface area (Å²) in [5, 5.41) is 2.28. The smallest absolute Gasteiger partial charge is 0.353 e. The van der Waals surface area contributed by atoms with E-state index in [1.807, 2.05) is 0 Å². The third-order valence-electron chi connectivity index (χ3n) is 2.08. The van der Waals surface area contributed by atoms with Gasteiger partial charge in [-0.3, -0.25) is 4.79 Å². The monoisotopic (exact) mass is 343 g/mol. The zero-order valence-electron chi connectivity index (χ0n) is 9.33. The van der Waals surface area contributed by atoms with Crippen molar-refractivity contribution in [2.45, 2.75) is 38.2 Å². The second-order valence-electron chi connectivity index (χ2n) is 3.76. The molecule has 0 aliphatic carbocycles. The average Bonchev–Trinajstić information content (AvgIpc) is 2.09. The molecule has 1 N–H and O–H groups in total. The van der Waals surface area contributed by atoms with Gasteiger partial charge in [0.15, 0.2) is 0 Å². The van der Waals surface area contributed by atoms with Crippen molar-refractivity contribution in [3.05, 3.63) is 0 Å². The number of alkyl halides is 7. The van der Waals surface area contributed by atoms with Crippen LogP contribution in [-0.4, -0.2) is 29.6 Å². The Morgan fingerprint density at radius 1 is 1.17 bits per heavy atom. The number of hydrogen-bond donors (Lipinski definition) is 1. The molecule has 0 aliphatic heterocycles. The topological polar surface area (TPSA) is 29.1 Å². The van der Waals surface area contributed by atoms with Crippen molar-refractivity contribution in [2.24, 2.45) is 5.92 Å². The lowest BCUT2D eigenvalue weighted by atomic mass is 10.1. The summed E-state index contributed by atoms with van der Waals surface area (Å²) in [5.74, 6) is -6.03. The fourth-order valence-corrected chi connectivity index (χ4v) is 1.59. The normalized spacial score (nSPS) is 14.7. The zero-order chi connectivity index (χ0) is 14.6. The number of amides is 1. The molecule has 0 heterocycles. The van der Waals surface area contributed by atoms with Gasteiger partial charge in [0, 0.05) is 11.4 Å². The summed E-state index contributed by atoms with van der Waals surface area (Å²) >= 11 is 3.06. The molecule has 1 amide bonds. The van der Waals surface area contributed by atoms with E-state index in [0.717, 1.165) is 0 Å². The van der Waals surface area contributed by atoms with Gasteiger partial charge in [-0.05, 0) is 19.8 Å². The molecule has 1 unspecified atom stereocenters. The van der Waals surface area contributed by atoms with Crippen molar-refractivity contribution < 1.29 is 31.1 Å². The molecule has 1 atom stereocenters. The van der Waals surface area contributed by atoms with Crippen LogP contribution in [0.2, 0.25) is 0 Å². The van der Waals surface area contributed by atoms with E-state index in [2.05, 4.69) is 15.9 Å². The van der Waals surface area contributed by atoms with E-state index in [1.54, 1.807) is 5.32 Å². The largest absolute Gasteiger partial charge is 0.409 e. The van der Waals surface area contributed by atoms with Gasteiger partial charge in [-0.1, -0.05) is 15.9 Å². The Hall–Kier alpha value is -0.470. The summed E-state index contributed by atoms with van der Waals surface area (Å²) in [6.45, 7) is 1.35. The number of hydrogen-bond acceptors (Lipinski definition) is 1. The number of carbonyl (C=O) groups excluding carboxylic acids is 1. The van der Waals surface area contributed by atoms with Gasteiger partial charge in [0.2, 0.25) is 11.8 Å². The van der Waals surface area contributed by atoms with E-state index in [9.17, 15) is 31.1 Å². The molecular formula is C9H12BrF6NO. The van der Waals surface area contributed by atoms with Crippen LogP contribution in [0.25, 0.3) is 0 Å². The Balaban J connectivity index is 4.70. The first-order valence-corrected chi connectivity index (χ1v) is 6.12. The predicted octanol–water partition coefficient (Wildman–Crippen LogP) is 3.41. The molecule has 0 fully saturated rings. The van der Waals surface area contributed by atoms with Crippen molar-refractivity contribution in [3.8, 4) is 0 Å². The van der Waals surface area contributed by atoms with Gasteiger partial charge in [-0.2, -0.15) is 26.3 Å². The lowest BCUT2D eigenvalue weighted by Crippen LogP contribution is -2.50. The first kappa shape index (κ1) is 17.5. The standard InChI is InChI=1S/C9H12BrF6NO/c1-5(3-2-4-10)17-7(18)6(8(11,12)13)9(14,15)16/h5-6H,2-4H2,1H3,(H,17,18). The molecule has 0 aromatic carbocycles. The first-order chi connectivity index (χ1) is 8.00. The fourth-order valence-electron chi connectivity index (χ4n) is 1.26. The van der Waals surface area contributed by atoms with Gasteiger partial charge < -0.3 is 5.32 Å². The molecule has 0 spiro atoms. The Bertz CT molecular complexity index is 263. The van der Waals surface area contributed by atoms with Crippen molar-refractivity contribution in [2.75, 3.05) is 5.33 Å². The van der Waals surface area contributed by atoms with Crippen LogP contribution in [0, 0.1) is 5.92 Å². The number of nitrogens with one attached hydrogen (secondary N) is 1. The van der Waals surface area contributed by atoms with Gasteiger partial charge in [0.25, 0.3) is 0 Å². The summed E-state index contributed by atoms with van der Waals surface area (Å²) in [7, 11) is 0. The van der Waals surface area contributed by atoms with E-state index >= 15 is 0 Å². The highest BCUT2D eigenvalue weighted by atomic mass is 79.9. The molecule has 0 rings (SSSR count). The highest BCUT2D eigenvalue weighted by Crippen LogP contribution is 2.39. The summed E-state index contributed by atoms with van der Waals surface area (Å²) < 4.78 is 73.1. The molecule has 0 bridgehead atoms. The SMILES string of the molecule is CC(CCCBr)NC(=O)C(C(F)(F)F)C(F)(F)F. The molecule has 0 saturated carbocycles. The highest BCUT2D eigenvalue weighted by molar-refractivity contribution is 9.09. The van der Waals surface area contributed by atoms with E-state index in [1.165, 1.54) is 6.92 Å². The minimum absolute atomic E-state index is 0.291. The van der Waals surface area contributed by atoms with Crippen LogP contribution in [0.5, 0.6) is 0 Å². The first-order valence-electron chi connectivity index (χ1n) is 5.00. The van der Waals surface area contributed by atoms with Crippen molar-refractivity contribution in [3.63, 3.8) is 0 Å². The second kappa shape index (κ2) is 6.63. The quantitative estimate of drug-likeness (QED) is 0.601. The van der Waals surface area contributed by atoms with Crippen LogP contribution in [0.4, 0.5) is 26.3 Å². The molecule has 18 heavy (non-hydrogen) atoms. The van der Waals surface area contributed by atoms with E-state index < -0.39 is 30.2 Å². The van der Waals surface area contributed by atoms with E-state index in [0.29, 0.717) is 18.2 Å². The van der Waals surface area contributed by atoms with Crippen LogP contribution in [0.15, 0.2) is 0 Å². The molecule has 0 aliphatic rings. The van der Waals surface area contributed by atoms with Crippen LogP contribution >= 0.6 is 15.9 Å². The molecule has 0 aromatic rings. The molecule has 108 valence electrons. The Labute approximate surface area is 108 Å². The molecule has 0 radical (unpaired) electrons. The lowest BCUT2D eigenvalue weighted by molar-refractivity contribution is -0.274. The van der Waals surface area contributed by atoms with Gasteiger partial charge in [-0.25, -0.2) is 0 Å². The third kappa shape index (κ3) is 5.92. The van der Waals surface area contributed by atoms with Gasteiger partial charge in [-0.15, -0.1) is 0 Å². The van der Waals surface area contributed by atoms with Crippen molar-refractivity contribution in [1.29, 1.82) is 0 Å². The lowest BCUT2D eigenvalue weighted by Gasteiger charge is -2.24. The summed E-state index contributed by atoms with van der Waals surface area (Å²) in [6, 6.07) is -0.748. The number of rotatable bonds is 5. The predicted molar refractivity (Wildman–Crippen MR) is 56.2 cm³/mol. The van der Waals surface area contributed by atoms with Gasteiger partial charge >= 0.3 is 12.4 Å². The Morgan fingerprint density at radius 3 is 1.94 bits per heavy atom. The fraction of sp³-hybridized carbons (Fsp3) is 0.889.